The van der Waals surface area contributed by atoms with Gasteiger partial charge in [0.2, 0.25) is 0 Å². The van der Waals surface area contributed by atoms with E-state index in [9.17, 15) is 0 Å². The number of hydrogen-bond acceptors (Lipinski definition) is 3. The third kappa shape index (κ3) is 4.73. The van der Waals surface area contributed by atoms with Gasteiger partial charge < -0.3 is 15.4 Å². The summed E-state index contributed by atoms with van der Waals surface area (Å²) < 4.78 is 5.15. The van der Waals surface area contributed by atoms with Gasteiger partial charge in [-0.15, -0.1) is 0 Å². The highest BCUT2D eigenvalue weighted by molar-refractivity contribution is 6.31. The maximum absolute atomic E-state index is 7.68. The first-order valence-electron chi connectivity index (χ1n) is 6.33. The zero-order chi connectivity index (χ0) is 14.4. The molecular formula is C14H22ClN3O. The van der Waals surface area contributed by atoms with Gasteiger partial charge >= 0.3 is 0 Å². The molecule has 4 nitrogen and oxygen atoms in total. The monoisotopic (exact) mass is 283 g/mol. The number of benzene rings is 1. The van der Waals surface area contributed by atoms with Crippen molar-refractivity contribution in [3.8, 4) is 0 Å². The molecule has 0 saturated heterocycles. The molecule has 0 heterocycles. The van der Waals surface area contributed by atoms with Gasteiger partial charge in [-0.1, -0.05) is 25.4 Å². The molecule has 19 heavy (non-hydrogen) atoms. The van der Waals surface area contributed by atoms with Crippen LogP contribution in [0.5, 0.6) is 0 Å². The smallest absolute Gasteiger partial charge is 0.124 e. The highest BCUT2D eigenvalue weighted by Gasteiger charge is 2.15. The third-order valence-corrected chi connectivity index (χ3v) is 2.98. The van der Waals surface area contributed by atoms with E-state index in [4.69, 9.17) is 27.5 Å². The molecule has 3 N–H and O–H groups in total. The van der Waals surface area contributed by atoms with Gasteiger partial charge in [-0.05, 0) is 24.1 Å². The third-order valence-electron chi connectivity index (χ3n) is 2.74. The molecule has 0 unspecified atom stereocenters. The maximum atomic E-state index is 7.68. The van der Waals surface area contributed by atoms with Gasteiger partial charge in [0.15, 0.2) is 0 Å². The van der Waals surface area contributed by atoms with E-state index in [0.29, 0.717) is 23.1 Å². The molecule has 0 atom stereocenters. The van der Waals surface area contributed by atoms with Crippen LogP contribution >= 0.6 is 11.6 Å². The number of nitrogens with one attached hydrogen (secondary N) is 1. The second-order valence-electron chi connectivity index (χ2n) is 4.91. The molecule has 1 rings (SSSR count). The van der Waals surface area contributed by atoms with Crippen LogP contribution in [-0.4, -0.2) is 32.6 Å². The van der Waals surface area contributed by atoms with Crippen LogP contribution in [-0.2, 0) is 4.74 Å². The summed E-state index contributed by atoms with van der Waals surface area (Å²) in [5, 5.41) is 8.32. The van der Waals surface area contributed by atoms with Gasteiger partial charge in [-0.3, -0.25) is 5.41 Å². The quantitative estimate of drug-likeness (QED) is 0.597. The fraction of sp³-hybridized carbons (Fsp3) is 0.500. The zero-order valence-electron chi connectivity index (χ0n) is 11.7. The average Bonchev–Trinajstić information content (AvgIpc) is 2.33. The van der Waals surface area contributed by atoms with Gasteiger partial charge in [0.05, 0.1) is 6.61 Å². The van der Waals surface area contributed by atoms with Crippen molar-refractivity contribution in [2.45, 2.75) is 13.8 Å². The minimum atomic E-state index is 0.0536. The molecule has 0 aliphatic carbocycles. The molecule has 1 aromatic carbocycles. The van der Waals surface area contributed by atoms with Gasteiger partial charge in [0.1, 0.15) is 5.84 Å². The lowest BCUT2D eigenvalue weighted by atomic mass is 10.1. The van der Waals surface area contributed by atoms with Crippen molar-refractivity contribution in [2.75, 3.05) is 31.7 Å². The first-order chi connectivity index (χ1) is 8.95. The standard InChI is InChI=1S/C14H22ClN3O/c1-10(2)9-18(6-7-19-3)13-8-11(15)4-5-12(13)14(16)17/h4-5,8,10H,6-7,9H2,1-3H3,(H3,16,17). The lowest BCUT2D eigenvalue weighted by Crippen LogP contribution is -2.33. The normalized spacial score (nSPS) is 10.8. The summed E-state index contributed by atoms with van der Waals surface area (Å²) in [4.78, 5) is 2.16. The summed E-state index contributed by atoms with van der Waals surface area (Å²) >= 11 is 6.07. The van der Waals surface area contributed by atoms with Crippen molar-refractivity contribution in [1.29, 1.82) is 5.41 Å². The first kappa shape index (κ1) is 15.8. The Morgan fingerprint density at radius 1 is 1.47 bits per heavy atom. The van der Waals surface area contributed by atoms with Crippen molar-refractivity contribution in [2.24, 2.45) is 11.7 Å². The predicted octanol–water partition coefficient (Wildman–Crippen LogP) is 2.73. The number of nitrogens with two attached hydrogens (primary N) is 1. The topological polar surface area (TPSA) is 62.3 Å². The largest absolute Gasteiger partial charge is 0.384 e. The number of nitrogen functional groups attached to an aromatic ring is 1. The van der Waals surface area contributed by atoms with E-state index in [1.54, 1.807) is 19.2 Å². The number of rotatable bonds is 7. The van der Waals surface area contributed by atoms with Crippen LogP contribution in [0, 0.1) is 11.3 Å². The molecule has 0 aromatic heterocycles. The first-order valence-corrected chi connectivity index (χ1v) is 6.71. The molecule has 0 aliphatic heterocycles. The van der Waals surface area contributed by atoms with Crippen LogP contribution in [0.2, 0.25) is 5.02 Å². The van der Waals surface area contributed by atoms with E-state index in [2.05, 4.69) is 18.7 Å². The van der Waals surface area contributed by atoms with E-state index < -0.39 is 0 Å². The van der Waals surface area contributed by atoms with Gasteiger partial charge in [0, 0.05) is 36.5 Å². The predicted molar refractivity (Wildman–Crippen MR) is 81.4 cm³/mol. The van der Waals surface area contributed by atoms with Crippen LogP contribution in [0.25, 0.3) is 0 Å². The van der Waals surface area contributed by atoms with E-state index in [-0.39, 0.29) is 5.84 Å². The summed E-state index contributed by atoms with van der Waals surface area (Å²) in [6.07, 6.45) is 0. The lowest BCUT2D eigenvalue weighted by molar-refractivity contribution is 0.204. The van der Waals surface area contributed by atoms with Crippen LogP contribution in [0.1, 0.15) is 19.4 Å². The minimum absolute atomic E-state index is 0.0536. The highest BCUT2D eigenvalue weighted by Crippen LogP contribution is 2.25. The van der Waals surface area contributed by atoms with Gasteiger partial charge in [-0.2, -0.15) is 0 Å². The van der Waals surface area contributed by atoms with Crippen molar-refractivity contribution < 1.29 is 4.74 Å². The van der Waals surface area contributed by atoms with E-state index >= 15 is 0 Å². The molecule has 5 heteroatoms. The van der Waals surface area contributed by atoms with Crippen LogP contribution in [0.15, 0.2) is 18.2 Å². The van der Waals surface area contributed by atoms with Gasteiger partial charge in [0.25, 0.3) is 0 Å². The average molecular weight is 284 g/mol. The molecule has 0 bridgehead atoms. The van der Waals surface area contributed by atoms with E-state index in [1.165, 1.54) is 0 Å². The molecule has 0 saturated carbocycles. The Morgan fingerprint density at radius 3 is 2.68 bits per heavy atom. The summed E-state index contributed by atoms with van der Waals surface area (Å²) in [5.41, 5.74) is 7.25. The molecule has 0 spiro atoms. The fourth-order valence-corrected chi connectivity index (χ4v) is 2.11. The molecular weight excluding hydrogens is 262 g/mol. The van der Waals surface area contributed by atoms with Crippen LogP contribution in [0.4, 0.5) is 5.69 Å². The molecule has 0 amide bonds. The van der Waals surface area contributed by atoms with Gasteiger partial charge in [-0.25, -0.2) is 0 Å². The lowest BCUT2D eigenvalue weighted by Gasteiger charge is -2.28. The second kappa shape index (κ2) is 7.36. The summed E-state index contributed by atoms with van der Waals surface area (Å²) in [7, 11) is 1.68. The number of amidine groups is 1. The second-order valence-corrected chi connectivity index (χ2v) is 5.34. The zero-order valence-corrected chi connectivity index (χ0v) is 12.5. The van der Waals surface area contributed by atoms with Crippen LogP contribution in [0.3, 0.4) is 0 Å². The number of methoxy groups -OCH3 is 1. The highest BCUT2D eigenvalue weighted by atomic mass is 35.5. The van der Waals surface area contributed by atoms with E-state index in [1.807, 2.05) is 6.07 Å². The number of ether oxygens (including phenoxy) is 1. The molecule has 0 aliphatic rings. The van der Waals surface area contributed by atoms with Crippen LogP contribution < -0.4 is 10.6 Å². The number of hydrogen-bond donors (Lipinski definition) is 2. The SMILES string of the molecule is COCCN(CC(C)C)c1cc(Cl)ccc1C(=N)N. The summed E-state index contributed by atoms with van der Waals surface area (Å²) in [6.45, 7) is 6.53. The Hall–Kier alpha value is -1.26. The summed E-state index contributed by atoms with van der Waals surface area (Å²) in [5.74, 6) is 0.550. The Kier molecular flexibility index (Phi) is 6.12. The summed E-state index contributed by atoms with van der Waals surface area (Å²) in [6, 6.07) is 5.40. The minimum Gasteiger partial charge on any atom is -0.384 e. The molecule has 0 radical (unpaired) electrons. The molecule has 0 fully saturated rings. The Labute approximate surface area is 120 Å². The Bertz CT molecular complexity index is 435. The maximum Gasteiger partial charge on any atom is 0.124 e. The van der Waals surface area contributed by atoms with Crippen molar-refractivity contribution >= 4 is 23.1 Å². The number of nitrogens with zero attached hydrogens (tertiary/aromatic N) is 1. The van der Waals surface area contributed by atoms with E-state index in [0.717, 1.165) is 18.8 Å². The Morgan fingerprint density at radius 2 is 2.16 bits per heavy atom. The fourth-order valence-electron chi connectivity index (χ4n) is 1.95. The Balaban J connectivity index is 3.11. The van der Waals surface area contributed by atoms with Crippen molar-refractivity contribution in [3.05, 3.63) is 28.8 Å². The van der Waals surface area contributed by atoms with Crippen molar-refractivity contribution in [1.82, 2.24) is 0 Å². The number of anilines is 1. The molecule has 1 aromatic rings. The molecule has 106 valence electrons. The van der Waals surface area contributed by atoms with Crippen molar-refractivity contribution in [3.63, 3.8) is 0 Å². The number of halogens is 1.